The van der Waals surface area contributed by atoms with Gasteiger partial charge >= 0.3 is 0 Å². The van der Waals surface area contributed by atoms with E-state index in [9.17, 15) is 0 Å². The quantitative estimate of drug-likeness (QED) is 0.355. The summed E-state index contributed by atoms with van der Waals surface area (Å²) in [5.41, 5.74) is 1.81. The standard InChI is InChI=1S/C21H26N8S2/c1-4-22-21(30)26-20(25-19-23-14(2)13-15(3)24-19)29-11-9-28(10-12-29)18-16-7-5-6-8-17(16)31-27-18/h5-8,13H,4,9-12H2,1-3H3,(H2,22,23,24,25,26,30). The second kappa shape index (κ2) is 9.52. The van der Waals surface area contributed by atoms with Gasteiger partial charge in [0.25, 0.3) is 0 Å². The van der Waals surface area contributed by atoms with E-state index >= 15 is 0 Å². The number of anilines is 2. The van der Waals surface area contributed by atoms with E-state index in [1.807, 2.05) is 26.8 Å². The molecule has 31 heavy (non-hydrogen) atoms. The van der Waals surface area contributed by atoms with Crippen LogP contribution in [0.15, 0.2) is 35.3 Å². The molecule has 3 aromatic rings. The van der Waals surface area contributed by atoms with Gasteiger partial charge in [0, 0.05) is 49.5 Å². The van der Waals surface area contributed by atoms with Gasteiger partial charge < -0.3 is 15.1 Å². The van der Waals surface area contributed by atoms with Crippen LogP contribution in [0.3, 0.4) is 0 Å². The van der Waals surface area contributed by atoms with Crippen LogP contribution in [-0.4, -0.2) is 63.0 Å². The first-order valence-corrected chi connectivity index (χ1v) is 11.5. The molecule has 2 N–H and O–H groups in total. The van der Waals surface area contributed by atoms with Crippen LogP contribution >= 0.6 is 23.8 Å². The molecular formula is C21H26N8S2. The predicted molar refractivity (Wildman–Crippen MR) is 132 cm³/mol. The minimum atomic E-state index is 0.447. The second-order valence-electron chi connectivity index (χ2n) is 7.35. The lowest BCUT2D eigenvalue weighted by atomic mass is 10.2. The van der Waals surface area contributed by atoms with Gasteiger partial charge in [0.15, 0.2) is 5.11 Å². The van der Waals surface area contributed by atoms with E-state index in [0.29, 0.717) is 17.0 Å². The number of nitrogens with one attached hydrogen (secondary N) is 2. The van der Waals surface area contributed by atoms with Crippen molar-refractivity contribution in [2.24, 2.45) is 4.99 Å². The van der Waals surface area contributed by atoms with Crippen molar-refractivity contribution in [2.75, 3.05) is 42.9 Å². The molecule has 0 atom stereocenters. The number of benzene rings is 1. The Kier molecular flexibility index (Phi) is 6.57. The summed E-state index contributed by atoms with van der Waals surface area (Å²) in [5, 5.41) is 8.04. The summed E-state index contributed by atoms with van der Waals surface area (Å²) < 4.78 is 5.92. The van der Waals surface area contributed by atoms with E-state index in [4.69, 9.17) is 16.6 Å². The number of aliphatic imine (C=N–C) groups is 1. The first-order valence-electron chi connectivity index (χ1n) is 10.3. The molecule has 1 aliphatic heterocycles. The average Bonchev–Trinajstić information content (AvgIpc) is 3.17. The molecule has 10 heteroatoms. The van der Waals surface area contributed by atoms with Crippen LogP contribution in [0.1, 0.15) is 18.3 Å². The fraction of sp³-hybridized carbons (Fsp3) is 0.381. The molecule has 0 aliphatic carbocycles. The highest BCUT2D eigenvalue weighted by molar-refractivity contribution is 7.80. The van der Waals surface area contributed by atoms with Crippen LogP contribution in [0.4, 0.5) is 11.8 Å². The number of guanidine groups is 1. The lowest BCUT2D eigenvalue weighted by Crippen LogP contribution is -2.51. The molecule has 1 saturated heterocycles. The summed E-state index contributed by atoms with van der Waals surface area (Å²) in [4.78, 5) is 18.1. The van der Waals surface area contributed by atoms with Gasteiger partial charge in [0.2, 0.25) is 11.9 Å². The Balaban J connectivity index is 1.52. The van der Waals surface area contributed by atoms with Gasteiger partial charge in [-0.3, -0.25) is 5.32 Å². The van der Waals surface area contributed by atoms with Crippen LogP contribution in [0.2, 0.25) is 0 Å². The molecule has 0 spiro atoms. The highest BCUT2D eigenvalue weighted by Gasteiger charge is 2.23. The highest BCUT2D eigenvalue weighted by atomic mass is 32.1. The van der Waals surface area contributed by atoms with E-state index in [2.05, 4.69) is 59.7 Å². The maximum Gasteiger partial charge on any atom is 0.229 e. The van der Waals surface area contributed by atoms with E-state index < -0.39 is 0 Å². The Labute approximate surface area is 191 Å². The van der Waals surface area contributed by atoms with Crippen LogP contribution in [0, 0.1) is 13.8 Å². The van der Waals surface area contributed by atoms with Crippen LogP contribution < -0.4 is 15.5 Å². The first-order chi connectivity index (χ1) is 15.0. The largest absolute Gasteiger partial charge is 0.361 e. The Morgan fingerprint density at radius 3 is 2.55 bits per heavy atom. The van der Waals surface area contributed by atoms with E-state index in [1.165, 1.54) is 10.1 Å². The third kappa shape index (κ3) is 5.08. The molecule has 4 rings (SSSR count). The molecule has 0 amide bonds. The molecule has 2 aromatic heterocycles. The van der Waals surface area contributed by atoms with E-state index in [1.54, 1.807) is 11.5 Å². The molecule has 3 heterocycles. The number of rotatable bonds is 3. The minimum absolute atomic E-state index is 0.447. The zero-order chi connectivity index (χ0) is 21.8. The summed E-state index contributed by atoms with van der Waals surface area (Å²) in [7, 11) is 0. The van der Waals surface area contributed by atoms with Crippen molar-refractivity contribution in [2.45, 2.75) is 20.8 Å². The van der Waals surface area contributed by atoms with Crippen LogP contribution in [0.25, 0.3) is 10.1 Å². The normalized spacial score (nSPS) is 14.7. The molecule has 8 nitrogen and oxygen atoms in total. The van der Waals surface area contributed by atoms with Crippen molar-refractivity contribution in [3.8, 4) is 0 Å². The number of thiocarbonyl (C=S) groups is 1. The summed E-state index contributed by atoms with van der Waals surface area (Å²) in [6.07, 6.45) is 0. The Bertz CT molecular complexity index is 1080. The summed E-state index contributed by atoms with van der Waals surface area (Å²) >= 11 is 6.93. The first kappa shape index (κ1) is 21.4. The third-order valence-electron chi connectivity index (χ3n) is 4.98. The van der Waals surface area contributed by atoms with Gasteiger partial charge in [-0.25, -0.2) is 9.97 Å². The van der Waals surface area contributed by atoms with Crippen molar-refractivity contribution in [3.63, 3.8) is 0 Å². The number of piperazine rings is 1. The van der Waals surface area contributed by atoms with Gasteiger partial charge in [-0.1, -0.05) is 12.1 Å². The van der Waals surface area contributed by atoms with Gasteiger partial charge in [-0.05, 0) is 62.7 Å². The molecular weight excluding hydrogens is 428 g/mol. The van der Waals surface area contributed by atoms with E-state index in [-0.39, 0.29) is 0 Å². The van der Waals surface area contributed by atoms with Crippen molar-refractivity contribution in [3.05, 3.63) is 41.7 Å². The molecule has 1 fully saturated rings. The van der Waals surface area contributed by atoms with Crippen molar-refractivity contribution < 1.29 is 0 Å². The van der Waals surface area contributed by atoms with Crippen LogP contribution in [0.5, 0.6) is 0 Å². The average molecular weight is 455 g/mol. The lowest BCUT2D eigenvalue weighted by Gasteiger charge is -2.36. The van der Waals surface area contributed by atoms with Gasteiger partial charge in [0.05, 0.1) is 4.70 Å². The van der Waals surface area contributed by atoms with Crippen LogP contribution in [-0.2, 0) is 0 Å². The van der Waals surface area contributed by atoms with Crippen molar-refractivity contribution >= 4 is 56.7 Å². The maximum atomic E-state index is 5.38. The maximum absolute atomic E-state index is 5.38. The number of hydrogen-bond donors (Lipinski definition) is 2. The molecule has 1 aromatic carbocycles. The second-order valence-corrected chi connectivity index (χ2v) is 8.54. The molecule has 162 valence electrons. The molecule has 0 unspecified atom stereocenters. The molecule has 0 radical (unpaired) electrons. The van der Waals surface area contributed by atoms with Gasteiger partial charge in [-0.15, -0.1) is 0 Å². The number of nitrogens with zero attached hydrogens (tertiary/aromatic N) is 6. The Hall–Kier alpha value is -2.85. The zero-order valence-corrected chi connectivity index (χ0v) is 19.6. The fourth-order valence-electron chi connectivity index (χ4n) is 3.58. The fourth-order valence-corrected chi connectivity index (χ4v) is 4.60. The summed E-state index contributed by atoms with van der Waals surface area (Å²) in [5.74, 6) is 2.26. The SMILES string of the molecule is CCNC(=S)/N=C(/Nc1nc(C)cc(C)n1)N1CCN(c2nsc3ccccc23)CC1. The number of aryl methyl sites for hydroxylation is 2. The van der Waals surface area contributed by atoms with Crippen molar-refractivity contribution in [1.82, 2.24) is 24.6 Å². The number of aromatic nitrogens is 3. The predicted octanol–water partition coefficient (Wildman–Crippen LogP) is 3.19. The molecule has 0 bridgehead atoms. The van der Waals surface area contributed by atoms with Gasteiger partial charge in [0.1, 0.15) is 5.82 Å². The highest BCUT2D eigenvalue weighted by Crippen LogP contribution is 2.29. The topological polar surface area (TPSA) is 81.6 Å². The van der Waals surface area contributed by atoms with Crippen molar-refractivity contribution in [1.29, 1.82) is 0 Å². The molecule has 1 aliphatic rings. The number of hydrogen-bond acceptors (Lipinski definition) is 6. The smallest absolute Gasteiger partial charge is 0.229 e. The Morgan fingerprint density at radius 1 is 1.13 bits per heavy atom. The monoisotopic (exact) mass is 454 g/mol. The molecule has 0 saturated carbocycles. The zero-order valence-electron chi connectivity index (χ0n) is 17.9. The van der Waals surface area contributed by atoms with E-state index in [0.717, 1.165) is 49.9 Å². The Morgan fingerprint density at radius 2 is 1.84 bits per heavy atom. The summed E-state index contributed by atoms with van der Waals surface area (Å²) in [6, 6.07) is 10.3. The third-order valence-corrected chi connectivity index (χ3v) is 6.03. The number of fused-ring (bicyclic) bond motifs is 1. The lowest BCUT2D eigenvalue weighted by molar-refractivity contribution is 0.384. The van der Waals surface area contributed by atoms with Gasteiger partial charge in [-0.2, -0.15) is 9.37 Å². The minimum Gasteiger partial charge on any atom is -0.361 e. The summed E-state index contributed by atoms with van der Waals surface area (Å²) in [6.45, 7) is 9.90.